The van der Waals surface area contributed by atoms with Crippen LogP contribution >= 0.6 is 27.3 Å². The summed E-state index contributed by atoms with van der Waals surface area (Å²) < 4.78 is 1.22. The van der Waals surface area contributed by atoms with Gasteiger partial charge in [-0.25, -0.2) is 0 Å². The molecule has 0 aromatic carbocycles. The molecule has 2 N–H and O–H groups in total. The molecule has 1 aliphatic rings. The van der Waals surface area contributed by atoms with Gasteiger partial charge in [0.25, 0.3) is 0 Å². The minimum absolute atomic E-state index is 0.0135. The molecular weight excluding hydrogens is 270 g/mol. The van der Waals surface area contributed by atoms with Gasteiger partial charge < -0.3 is 5.73 Å². The van der Waals surface area contributed by atoms with Crippen molar-refractivity contribution < 1.29 is 0 Å². The summed E-state index contributed by atoms with van der Waals surface area (Å²) in [6, 6.07) is 2.12. The molecule has 1 saturated carbocycles. The molecule has 0 spiro atoms. The zero-order chi connectivity index (χ0) is 11.1. The Hall–Kier alpha value is 0.140. The van der Waals surface area contributed by atoms with E-state index in [4.69, 9.17) is 5.73 Å². The maximum absolute atomic E-state index is 6.58. The summed E-state index contributed by atoms with van der Waals surface area (Å²) in [6.07, 6.45) is 4.70. The minimum atomic E-state index is -0.0135. The average Bonchev–Trinajstić information content (AvgIpc) is 2.61. The number of halogens is 1. The van der Waals surface area contributed by atoms with Crippen LogP contribution in [0.25, 0.3) is 0 Å². The van der Waals surface area contributed by atoms with Gasteiger partial charge in [-0.15, -0.1) is 11.3 Å². The number of hydrogen-bond acceptors (Lipinski definition) is 2. The molecule has 1 aromatic heterocycles. The molecule has 0 aliphatic heterocycles. The quantitative estimate of drug-likeness (QED) is 0.875. The molecule has 1 heterocycles. The first-order valence-corrected chi connectivity index (χ1v) is 7.13. The van der Waals surface area contributed by atoms with Crippen molar-refractivity contribution in [3.63, 3.8) is 0 Å². The van der Waals surface area contributed by atoms with E-state index in [-0.39, 0.29) is 11.0 Å². The Morgan fingerprint density at radius 1 is 1.47 bits per heavy atom. The van der Waals surface area contributed by atoms with Crippen LogP contribution < -0.4 is 5.73 Å². The smallest absolute Gasteiger partial charge is 0.0315 e. The van der Waals surface area contributed by atoms with Crippen LogP contribution in [0.4, 0.5) is 0 Å². The first-order chi connectivity index (χ1) is 6.95. The largest absolute Gasteiger partial charge is 0.324 e. The predicted molar refractivity (Wildman–Crippen MR) is 70.3 cm³/mol. The second kappa shape index (κ2) is 3.86. The van der Waals surface area contributed by atoms with Crippen molar-refractivity contribution in [3.05, 3.63) is 20.8 Å². The highest BCUT2D eigenvalue weighted by molar-refractivity contribution is 9.10. The summed E-state index contributed by atoms with van der Waals surface area (Å²) in [5.41, 5.74) is 6.84. The summed E-state index contributed by atoms with van der Waals surface area (Å²) >= 11 is 5.40. The summed E-state index contributed by atoms with van der Waals surface area (Å²) in [4.78, 5) is 1.40. The van der Waals surface area contributed by atoms with Gasteiger partial charge in [0.15, 0.2) is 0 Å². The molecule has 3 heteroatoms. The van der Waals surface area contributed by atoms with Crippen molar-refractivity contribution in [2.24, 2.45) is 11.1 Å². The number of nitrogens with two attached hydrogens (primary N) is 1. The molecule has 2 rings (SSSR count). The van der Waals surface area contributed by atoms with E-state index in [1.807, 2.05) is 11.3 Å². The van der Waals surface area contributed by atoms with E-state index in [1.54, 1.807) is 0 Å². The minimum Gasteiger partial charge on any atom is -0.324 e. The molecular formula is C12H18BrNS. The van der Waals surface area contributed by atoms with Gasteiger partial charge in [0, 0.05) is 21.3 Å². The van der Waals surface area contributed by atoms with Gasteiger partial charge in [0.05, 0.1) is 0 Å². The molecule has 0 radical (unpaired) electrons. The molecule has 1 aromatic rings. The monoisotopic (exact) mass is 287 g/mol. The van der Waals surface area contributed by atoms with Crippen molar-refractivity contribution in [1.29, 1.82) is 0 Å². The standard InChI is InChI=1S/C12H18BrNS/c1-11(2)5-3-6-12(11,14)8-10-9(13)4-7-15-10/h4,7H,3,5-6,8,14H2,1-2H3. The van der Waals surface area contributed by atoms with E-state index < -0.39 is 0 Å². The zero-order valence-electron chi connectivity index (χ0n) is 9.35. The fourth-order valence-corrected chi connectivity index (χ4v) is 4.12. The van der Waals surface area contributed by atoms with Crippen molar-refractivity contribution >= 4 is 27.3 Å². The maximum Gasteiger partial charge on any atom is 0.0315 e. The lowest BCUT2D eigenvalue weighted by atomic mass is 9.73. The molecule has 1 fully saturated rings. The molecule has 0 bridgehead atoms. The van der Waals surface area contributed by atoms with Crippen molar-refractivity contribution in [3.8, 4) is 0 Å². The van der Waals surface area contributed by atoms with Gasteiger partial charge >= 0.3 is 0 Å². The highest BCUT2D eigenvalue weighted by Gasteiger charge is 2.45. The van der Waals surface area contributed by atoms with Gasteiger partial charge in [-0.1, -0.05) is 20.3 Å². The highest BCUT2D eigenvalue weighted by atomic mass is 79.9. The van der Waals surface area contributed by atoms with Gasteiger partial charge in [0.1, 0.15) is 0 Å². The number of rotatable bonds is 2. The van der Waals surface area contributed by atoms with Crippen LogP contribution in [0.5, 0.6) is 0 Å². The van der Waals surface area contributed by atoms with Crippen molar-refractivity contribution in [1.82, 2.24) is 0 Å². The third kappa shape index (κ3) is 2.02. The molecule has 0 amide bonds. The van der Waals surface area contributed by atoms with Crippen LogP contribution in [0.1, 0.15) is 38.0 Å². The first-order valence-electron chi connectivity index (χ1n) is 5.45. The van der Waals surface area contributed by atoms with Gasteiger partial charge in [-0.2, -0.15) is 0 Å². The fourth-order valence-electron chi connectivity index (χ4n) is 2.50. The van der Waals surface area contributed by atoms with Crippen LogP contribution in [-0.2, 0) is 6.42 Å². The van der Waals surface area contributed by atoms with E-state index in [0.29, 0.717) is 0 Å². The lowest BCUT2D eigenvalue weighted by Crippen LogP contribution is -2.50. The predicted octanol–water partition coefficient (Wildman–Crippen LogP) is 3.96. The molecule has 15 heavy (non-hydrogen) atoms. The molecule has 1 nitrogen and oxygen atoms in total. The third-order valence-corrected chi connectivity index (χ3v) is 5.87. The van der Waals surface area contributed by atoms with Crippen LogP contribution in [0.15, 0.2) is 15.9 Å². The molecule has 1 aliphatic carbocycles. The maximum atomic E-state index is 6.58. The van der Waals surface area contributed by atoms with E-state index in [1.165, 1.54) is 22.2 Å². The van der Waals surface area contributed by atoms with E-state index in [9.17, 15) is 0 Å². The Morgan fingerprint density at radius 2 is 2.20 bits per heavy atom. The van der Waals surface area contributed by atoms with Gasteiger partial charge in [0.2, 0.25) is 0 Å². The lowest BCUT2D eigenvalue weighted by Gasteiger charge is -2.38. The summed E-state index contributed by atoms with van der Waals surface area (Å²) in [5.74, 6) is 0. The topological polar surface area (TPSA) is 26.0 Å². The Balaban J connectivity index is 2.21. The van der Waals surface area contributed by atoms with Crippen LogP contribution in [0.3, 0.4) is 0 Å². The lowest BCUT2D eigenvalue weighted by molar-refractivity contribution is 0.208. The molecule has 1 unspecified atom stereocenters. The summed E-state index contributed by atoms with van der Waals surface area (Å²) in [7, 11) is 0. The Morgan fingerprint density at radius 3 is 2.67 bits per heavy atom. The van der Waals surface area contributed by atoms with Gasteiger partial charge in [-0.05, 0) is 45.6 Å². The van der Waals surface area contributed by atoms with Crippen LogP contribution in [-0.4, -0.2) is 5.54 Å². The Kier molecular flexibility index (Phi) is 2.99. The van der Waals surface area contributed by atoms with Crippen LogP contribution in [0, 0.1) is 5.41 Å². The zero-order valence-corrected chi connectivity index (χ0v) is 11.7. The fraction of sp³-hybridized carbons (Fsp3) is 0.667. The van der Waals surface area contributed by atoms with Crippen molar-refractivity contribution in [2.45, 2.75) is 45.1 Å². The summed E-state index contributed by atoms with van der Waals surface area (Å²) in [5, 5.41) is 2.13. The van der Waals surface area contributed by atoms with Crippen molar-refractivity contribution in [2.75, 3.05) is 0 Å². The van der Waals surface area contributed by atoms with Gasteiger partial charge in [-0.3, -0.25) is 0 Å². The Bertz CT molecular complexity index is 358. The molecule has 1 atom stereocenters. The number of hydrogen-bond donors (Lipinski definition) is 1. The SMILES string of the molecule is CC1(C)CCCC1(N)Cc1sccc1Br. The van der Waals surface area contributed by atoms with E-state index in [0.717, 1.165) is 12.8 Å². The molecule has 84 valence electrons. The van der Waals surface area contributed by atoms with Crippen LogP contribution in [0.2, 0.25) is 0 Å². The average molecular weight is 288 g/mol. The number of thiophene rings is 1. The Labute approximate surface area is 104 Å². The highest BCUT2D eigenvalue weighted by Crippen LogP contribution is 2.47. The molecule has 0 saturated heterocycles. The second-order valence-corrected chi connectivity index (χ2v) is 7.12. The summed E-state index contributed by atoms with van der Waals surface area (Å²) in [6.45, 7) is 4.61. The second-order valence-electron chi connectivity index (χ2n) is 5.26. The normalized spacial score (nSPS) is 29.6. The third-order valence-electron chi connectivity index (χ3n) is 3.94. The van der Waals surface area contributed by atoms with E-state index >= 15 is 0 Å². The van der Waals surface area contributed by atoms with E-state index in [2.05, 4.69) is 41.2 Å². The first kappa shape index (κ1) is 11.6.